The van der Waals surface area contributed by atoms with Crippen molar-refractivity contribution in [2.45, 2.75) is 13.8 Å². The van der Waals surface area contributed by atoms with Gasteiger partial charge in [0.1, 0.15) is 5.82 Å². The molecule has 3 rings (SSSR count). The molecule has 3 N–H and O–H groups in total. The van der Waals surface area contributed by atoms with Crippen LogP contribution in [-0.4, -0.2) is 21.0 Å². The first-order chi connectivity index (χ1) is 12.5. The number of nitrogens with zero attached hydrogens (tertiary/aromatic N) is 3. The van der Waals surface area contributed by atoms with Gasteiger partial charge in [0.15, 0.2) is 0 Å². The van der Waals surface area contributed by atoms with Crippen LogP contribution in [0, 0.1) is 13.8 Å². The van der Waals surface area contributed by atoms with Crippen molar-refractivity contribution in [1.82, 2.24) is 15.0 Å². The van der Waals surface area contributed by atoms with Crippen molar-refractivity contribution in [3.8, 4) is 0 Å². The number of anilines is 4. The highest BCUT2D eigenvalue weighted by Gasteiger charge is 2.08. The van der Waals surface area contributed by atoms with E-state index < -0.39 is 6.03 Å². The number of hydrogen-bond donors (Lipinski definition) is 3. The fourth-order valence-electron chi connectivity index (χ4n) is 2.26. The van der Waals surface area contributed by atoms with Gasteiger partial charge in [-0.15, -0.1) is 0 Å². The first-order valence-corrected chi connectivity index (χ1v) is 8.24. The molecule has 1 aromatic carbocycles. The third kappa shape index (κ3) is 4.67. The van der Waals surface area contributed by atoms with E-state index in [1.807, 2.05) is 26.0 Å². The Balaban J connectivity index is 1.70. The smallest absolute Gasteiger partial charge is 0.326 e. The van der Waals surface area contributed by atoms with Gasteiger partial charge in [-0.25, -0.2) is 9.78 Å². The minimum Gasteiger partial charge on any atom is -0.340 e. The summed E-state index contributed by atoms with van der Waals surface area (Å²) >= 11 is 5.99. The summed E-state index contributed by atoms with van der Waals surface area (Å²) in [6.45, 7) is 3.69. The molecule has 0 saturated carbocycles. The largest absolute Gasteiger partial charge is 0.340 e. The topological polar surface area (TPSA) is 91.8 Å². The number of urea groups is 1. The van der Waals surface area contributed by atoms with Crippen molar-refractivity contribution in [3.63, 3.8) is 0 Å². The van der Waals surface area contributed by atoms with E-state index >= 15 is 0 Å². The summed E-state index contributed by atoms with van der Waals surface area (Å²) in [5.74, 6) is 0.770. The number of pyridine rings is 1. The van der Waals surface area contributed by atoms with E-state index in [4.69, 9.17) is 11.6 Å². The summed E-state index contributed by atoms with van der Waals surface area (Å²) in [5, 5.41) is 9.15. The number of hydrogen-bond acceptors (Lipinski definition) is 5. The van der Waals surface area contributed by atoms with Crippen LogP contribution in [0.4, 0.5) is 27.9 Å². The van der Waals surface area contributed by atoms with Gasteiger partial charge < -0.3 is 10.6 Å². The van der Waals surface area contributed by atoms with Crippen LogP contribution in [-0.2, 0) is 0 Å². The lowest BCUT2D eigenvalue weighted by molar-refractivity contribution is 0.262. The van der Waals surface area contributed by atoms with Crippen LogP contribution in [0.15, 0.2) is 48.8 Å². The number of aromatic nitrogens is 3. The maximum Gasteiger partial charge on any atom is 0.326 e. The summed E-state index contributed by atoms with van der Waals surface area (Å²) in [6.07, 6.45) is 3.36. The zero-order chi connectivity index (χ0) is 18.5. The number of benzene rings is 1. The second-order valence-electron chi connectivity index (χ2n) is 5.62. The van der Waals surface area contributed by atoms with Crippen LogP contribution in [0.5, 0.6) is 0 Å². The molecule has 0 atom stereocenters. The number of carbonyl (C=O) groups is 1. The molecule has 26 heavy (non-hydrogen) atoms. The molecule has 0 spiro atoms. The zero-order valence-electron chi connectivity index (χ0n) is 14.2. The lowest BCUT2D eigenvalue weighted by Crippen LogP contribution is -2.21. The molecule has 0 radical (unpaired) electrons. The zero-order valence-corrected chi connectivity index (χ0v) is 15.0. The van der Waals surface area contributed by atoms with Gasteiger partial charge in [-0.05, 0) is 49.7 Å². The molecule has 0 aliphatic heterocycles. The summed E-state index contributed by atoms with van der Waals surface area (Å²) < 4.78 is 0. The molecule has 0 unspecified atom stereocenters. The van der Waals surface area contributed by atoms with E-state index in [9.17, 15) is 4.79 Å². The Morgan fingerprint density at radius 1 is 0.962 bits per heavy atom. The molecule has 8 heteroatoms. The van der Waals surface area contributed by atoms with Crippen LogP contribution in [0.3, 0.4) is 0 Å². The molecule has 0 fully saturated rings. The normalized spacial score (nSPS) is 10.3. The Kier molecular flexibility index (Phi) is 5.28. The van der Waals surface area contributed by atoms with Crippen molar-refractivity contribution >= 4 is 40.8 Å². The van der Waals surface area contributed by atoms with E-state index in [0.717, 1.165) is 11.3 Å². The van der Waals surface area contributed by atoms with Crippen LogP contribution in [0.2, 0.25) is 5.02 Å². The highest BCUT2D eigenvalue weighted by Crippen LogP contribution is 2.20. The lowest BCUT2D eigenvalue weighted by Gasteiger charge is -2.10. The Hall–Kier alpha value is -3.19. The Bertz CT molecular complexity index is 932. The molecule has 2 heterocycles. The number of carbonyl (C=O) groups excluding carboxylic acids is 1. The van der Waals surface area contributed by atoms with Crippen LogP contribution in [0.25, 0.3) is 0 Å². The highest BCUT2D eigenvalue weighted by molar-refractivity contribution is 6.31. The minimum absolute atomic E-state index is 0.199. The first kappa shape index (κ1) is 17.6. The molecule has 2 amide bonds. The van der Waals surface area contributed by atoms with E-state index in [0.29, 0.717) is 22.2 Å². The quantitative estimate of drug-likeness (QED) is 0.629. The molecular weight excluding hydrogens is 352 g/mol. The first-order valence-electron chi connectivity index (χ1n) is 7.86. The van der Waals surface area contributed by atoms with Crippen molar-refractivity contribution in [3.05, 3.63) is 65.1 Å². The molecule has 0 bridgehead atoms. The van der Waals surface area contributed by atoms with Gasteiger partial charge in [-0.2, -0.15) is 4.98 Å². The average Bonchev–Trinajstić information content (AvgIpc) is 2.58. The van der Waals surface area contributed by atoms with Gasteiger partial charge in [-0.1, -0.05) is 11.6 Å². The number of amides is 2. The predicted octanol–water partition coefficient (Wildman–Crippen LogP) is 4.53. The van der Waals surface area contributed by atoms with E-state index in [1.165, 1.54) is 0 Å². The van der Waals surface area contributed by atoms with Gasteiger partial charge in [0, 0.05) is 40.6 Å². The van der Waals surface area contributed by atoms with E-state index in [-0.39, 0.29) is 5.95 Å². The van der Waals surface area contributed by atoms with Crippen LogP contribution in [0.1, 0.15) is 11.3 Å². The number of halogens is 1. The van der Waals surface area contributed by atoms with Gasteiger partial charge >= 0.3 is 6.03 Å². The van der Waals surface area contributed by atoms with Gasteiger partial charge in [0.2, 0.25) is 5.95 Å². The minimum atomic E-state index is -0.438. The fourth-order valence-corrected chi connectivity index (χ4v) is 2.38. The van der Waals surface area contributed by atoms with Crippen molar-refractivity contribution in [1.29, 1.82) is 0 Å². The number of aryl methyl sites for hydroxylation is 2. The summed E-state index contributed by atoms with van der Waals surface area (Å²) in [5.41, 5.74) is 3.06. The standard InChI is InChI=1S/C18H17ClN6O/c1-11-9-14(3-4-15(11)19)23-18(26)25-17-21-12(2)10-16(24-17)22-13-5-7-20-8-6-13/h3-10H,1-2H3,(H3,20,21,22,23,24,25,26). The molecule has 2 aromatic heterocycles. The molecule has 132 valence electrons. The van der Waals surface area contributed by atoms with Crippen LogP contribution >= 0.6 is 11.6 Å². The molecule has 7 nitrogen and oxygen atoms in total. The molecule has 0 aliphatic rings. The Labute approximate surface area is 155 Å². The highest BCUT2D eigenvalue weighted by atomic mass is 35.5. The molecule has 3 aromatic rings. The summed E-state index contributed by atoms with van der Waals surface area (Å²) in [6, 6.07) is 10.2. The Morgan fingerprint density at radius 3 is 2.46 bits per heavy atom. The van der Waals surface area contributed by atoms with E-state index in [1.54, 1.807) is 36.7 Å². The third-order valence-electron chi connectivity index (χ3n) is 3.45. The summed E-state index contributed by atoms with van der Waals surface area (Å²) in [4.78, 5) is 24.7. The fraction of sp³-hybridized carbons (Fsp3) is 0.111. The van der Waals surface area contributed by atoms with Crippen molar-refractivity contribution in [2.75, 3.05) is 16.0 Å². The van der Waals surface area contributed by atoms with Gasteiger partial charge in [0.25, 0.3) is 0 Å². The Morgan fingerprint density at radius 2 is 1.73 bits per heavy atom. The third-order valence-corrected chi connectivity index (χ3v) is 3.87. The maximum absolute atomic E-state index is 12.2. The predicted molar refractivity (Wildman–Crippen MR) is 103 cm³/mol. The number of rotatable bonds is 4. The van der Waals surface area contributed by atoms with E-state index in [2.05, 4.69) is 30.9 Å². The van der Waals surface area contributed by atoms with Crippen molar-refractivity contribution in [2.24, 2.45) is 0 Å². The van der Waals surface area contributed by atoms with Crippen LogP contribution < -0.4 is 16.0 Å². The maximum atomic E-state index is 12.2. The average molecular weight is 369 g/mol. The molecule has 0 aliphatic carbocycles. The van der Waals surface area contributed by atoms with Crippen molar-refractivity contribution < 1.29 is 4.79 Å². The monoisotopic (exact) mass is 368 g/mol. The lowest BCUT2D eigenvalue weighted by atomic mass is 10.2. The second-order valence-corrected chi connectivity index (χ2v) is 6.03. The second kappa shape index (κ2) is 7.79. The SMILES string of the molecule is Cc1cc(Nc2ccncc2)nc(NC(=O)Nc2ccc(Cl)c(C)c2)n1. The number of nitrogens with one attached hydrogen (secondary N) is 3. The molecular formula is C18H17ClN6O. The van der Waals surface area contributed by atoms with Gasteiger partial charge in [-0.3, -0.25) is 10.3 Å². The summed E-state index contributed by atoms with van der Waals surface area (Å²) in [7, 11) is 0. The van der Waals surface area contributed by atoms with Gasteiger partial charge in [0.05, 0.1) is 0 Å². The molecule has 0 saturated heterocycles.